The van der Waals surface area contributed by atoms with Crippen molar-refractivity contribution in [3.8, 4) is 5.69 Å². The molecule has 1 amide bonds. The summed E-state index contributed by atoms with van der Waals surface area (Å²) in [5, 5.41) is 6.77. The summed E-state index contributed by atoms with van der Waals surface area (Å²) in [7, 11) is 0. The van der Waals surface area contributed by atoms with E-state index in [9.17, 15) is 4.79 Å². The summed E-state index contributed by atoms with van der Waals surface area (Å²) in [5.74, 6) is 1.74. The molecule has 0 aliphatic carbocycles. The lowest BCUT2D eigenvalue weighted by Gasteiger charge is -2.14. The van der Waals surface area contributed by atoms with E-state index < -0.39 is 0 Å². The highest BCUT2D eigenvalue weighted by Crippen LogP contribution is 2.29. The highest BCUT2D eigenvalue weighted by molar-refractivity contribution is 7.09. The quantitative estimate of drug-likeness (QED) is 0.630. The Bertz CT molecular complexity index is 903. The summed E-state index contributed by atoms with van der Waals surface area (Å²) in [6.07, 6.45) is 6.40. The molecule has 1 saturated heterocycles. The van der Waals surface area contributed by atoms with E-state index in [1.165, 1.54) is 4.88 Å². The minimum atomic E-state index is 0.0206. The Hall–Kier alpha value is -2.80. The van der Waals surface area contributed by atoms with Crippen LogP contribution in [0.3, 0.4) is 0 Å². The smallest absolute Gasteiger partial charge is 0.223 e. The molecule has 132 valence electrons. The third-order valence-corrected chi connectivity index (χ3v) is 5.28. The fourth-order valence-electron chi connectivity index (χ4n) is 3.22. The van der Waals surface area contributed by atoms with Gasteiger partial charge >= 0.3 is 0 Å². The Kier molecular flexibility index (Phi) is 4.62. The minimum Gasteiger partial charge on any atom is -0.338 e. The standard InChI is InChI=1S/C19H19N5OS/c1-2-8-23-13-14(10-18(23)25)19-21-17(11-16-6-4-9-26-16)22-24(19)15-5-3-7-20-12-15/h2-7,9,12,14H,1,8,10-11,13H2. The molecule has 4 rings (SSSR count). The number of rotatable bonds is 6. The molecule has 1 atom stereocenters. The number of pyridine rings is 1. The number of carbonyl (C=O) groups is 1. The van der Waals surface area contributed by atoms with Gasteiger partial charge in [0.15, 0.2) is 5.82 Å². The molecule has 0 N–H and O–H groups in total. The molecule has 0 saturated carbocycles. The van der Waals surface area contributed by atoms with Crippen LogP contribution in [0.4, 0.5) is 0 Å². The van der Waals surface area contributed by atoms with Gasteiger partial charge in [0.25, 0.3) is 0 Å². The van der Waals surface area contributed by atoms with Crippen LogP contribution in [0.1, 0.15) is 28.9 Å². The van der Waals surface area contributed by atoms with Crippen molar-refractivity contribution in [1.82, 2.24) is 24.6 Å². The van der Waals surface area contributed by atoms with E-state index in [-0.39, 0.29) is 11.8 Å². The summed E-state index contributed by atoms with van der Waals surface area (Å²) in [6, 6.07) is 7.95. The topological polar surface area (TPSA) is 63.9 Å². The molecule has 0 radical (unpaired) electrons. The monoisotopic (exact) mass is 365 g/mol. The van der Waals surface area contributed by atoms with Gasteiger partial charge in [0.2, 0.25) is 5.91 Å². The van der Waals surface area contributed by atoms with Crippen LogP contribution in [0.2, 0.25) is 0 Å². The Morgan fingerprint density at radius 3 is 3.00 bits per heavy atom. The first-order valence-corrected chi connectivity index (χ1v) is 9.40. The van der Waals surface area contributed by atoms with Gasteiger partial charge in [0.05, 0.1) is 11.9 Å². The molecular weight excluding hydrogens is 346 g/mol. The number of carbonyl (C=O) groups excluding carboxylic acids is 1. The number of likely N-dealkylation sites (tertiary alicyclic amines) is 1. The van der Waals surface area contributed by atoms with Gasteiger partial charge in [-0.15, -0.1) is 17.9 Å². The molecule has 4 heterocycles. The van der Waals surface area contributed by atoms with Gasteiger partial charge in [-0.1, -0.05) is 12.1 Å². The average molecular weight is 365 g/mol. The fourth-order valence-corrected chi connectivity index (χ4v) is 3.92. The van der Waals surface area contributed by atoms with Crippen molar-refractivity contribution < 1.29 is 4.79 Å². The van der Waals surface area contributed by atoms with Crippen LogP contribution in [0.25, 0.3) is 5.69 Å². The normalized spacial score (nSPS) is 17.0. The van der Waals surface area contributed by atoms with Crippen molar-refractivity contribution in [1.29, 1.82) is 0 Å². The van der Waals surface area contributed by atoms with Crippen LogP contribution in [0, 0.1) is 0 Å². The highest BCUT2D eigenvalue weighted by Gasteiger charge is 2.33. The van der Waals surface area contributed by atoms with Gasteiger partial charge in [0, 0.05) is 42.9 Å². The number of hydrogen-bond donors (Lipinski definition) is 0. The van der Waals surface area contributed by atoms with E-state index >= 15 is 0 Å². The largest absolute Gasteiger partial charge is 0.338 e. The fraction of sp³-hybridized carbons (Fsp3) is 0.263. The zero-order chi connectivity index (χ0) is 17.9. The number of amides is 1. The lowest BCUT2D eigenvalue weighted by Crippen LogP contribution is -2.25. The van der Waals surface area contributed by atoms with Crippen molar-refractivity contribution >= 4 is 17.2 Å². The van der Waals surface area contributed by atoms with E-state index in [0.717, 1.165) is 17.3 Å². The van der Waals surface area contributed by atoms with Crippen molar-refractivity contribution in [3.63, 3.8) is 0 Å². The molecule has 7 heteroatoms. The van der Waals surface area contributed by atoms with Crippen molar-refractivity contribution in [2.24, 2.45) is 0 Å². The first kappa shape index (κ1) is 16.7. The molecule has 0 bridgehead atoms. The molecule has 3 aromatic heterocycles. The summed E-state index contributed by atoms with van der Waals surface area (Å²) >= 11 is 1.69. The summed E-state index contributed by atoms with van der Waals surface area (Å²) in [5.41, 5.74) is 0.863. The molecular formula is C19H19N5OS. The van der Waals surface area contributed by atoms with Crippen molar-refractivity contribution in [2.45, 2.75) is 18.8 Å². The minimum absolute atomic E-state index is 0.0206. The van der Waals surface area contributed by atoms with Gasteiger partial charge in [-0.3, -0.25) is 9.78 Å². The van der Waals surface area contributed by atoms with E-state index in [1.807, 2.05) is 27.8 Å². The molecule has 0 aromatic carbocycles. The van der Waals surface area contributed by atoms with Crippen LogP contribution in [0.15, 0.2) is 54.7 Å². The zero-order valence-electron chi connectivity index (χ0n) is 14.3. The third kappa shape index (κ3) is 3.30. The Morgan fingerprint density at radius 1 is 1.35 bits per heavy atom. The molecule has 0 spiro atoms. The molecule has 1 fully saturated rings. The van der Waals surface area contributed by atoms with Crippen LogP contribution in [0.5, 0.6) is 0 Å². The van der Waals surface area contributed by atoms with E-state index in [4.69, 9.17) is 10.1 Å². The van der Waals surface area contributed by atoms with E-state index in [2.05, 4.69) is 23.0 Å². The van der Waals surface area contributed by atoms with Crippen LogP contribution >= 0.6 is 11.3 Å². The number of nitrogens with zero attached hydrogens (tertiary/aromatic N) is 5. The molecule has 1 unspecified atom stereocenters. The second-order valence-corrected chi connectivity index (χ2v) is 7.29. The first-order valence-electron chi connectivity index (χ1n) is 8.52. The summed E-state index contributed by atoms with van der Waals surface area (Å²) in [4.78, 5) is 24.3. The maximum Gasteiger partial charge on any atom is 0.223 e. The Balaban J connectivity index is 1.69. The Morgan fingerprint density at radius 2 is 2.27 bits per heavy atom. The van der Waals surface area contributed by atoms with Gasteiger partial charge < -0.3 is 4.90 Å². The van der Waals surface area contributed by atoms with Gasteiger partial charge in [-0.05, 0) is 23.6 Å². The number of aromatic nitrogens is 4. The van der Waals surface area contributed by atoms with Gasteiger partial charge in [-0.25, -0.2) is 9.67 Å². The lowest BCUT2D eigenvalue weighted by atomic mass is 10.1. The van der Waals surface area contributed by atoms with Crippen LogP contribution in [-0.4, -0.2) is 43.6 Å². The third-order valence-electron chi connectivity index (χ3n) is 4.41. The Labute approximate surface area is 155 Å². The number of thiophene rings is 1. The van der Waals surface area contributed by atoms with Crippen LogP contribution in [-0.2, 0) is 11.2 Å². The average Bonchev–Trinajstić information content (AvgIpc) is 3.38. The van der Waals surface area contributed by atoms with Crippen LogP contribution < -0.4 is 0 Å². The number of hydrogen-bond acceptors (Lipinski definition) is 5. The predicted octanol–water partition coefficient (Wildman–Crippen LogP) is 2.82. The SMILES string of the molecule is C=CCN1CC(c2nc(Cc3cccs3)nn2-c2cccnc2)CC1=O. The summed E-state index contributed by atoms with van der Waals surface area (Å²) in [6.45, 7) is 4.94. The molecule has 26 heavy (non-hydrogen) atoms. The predicted molar refractivity (Wildman–Crippen MR) is 100 cm³/mol. The first-order chi connectivity index (χ1) is 12.7. The molecule has 1 aliphatic rings. The molecule has 3 aromatic rings. The van der Waals surface area contributed by atoms with E-state index in [1.54, 1.807) is 29.8 Å². The maximum absolute atomic E-state index is 12.3. The van der Waals surface area contributed by atoms with Gasteiger partial charge in [-0.2, -0.15) is 5.10 Å². The lowest BCUT2D eigenvalue weighted by molar-refractivity contribution is -0.127. The highest BCUT2D eigenvalue weighted by atomic mass is 32.1. The van der Waals surface area contributed by atoms with Crippen molar-refractivity contribution in [3.05, 3.63) is 71.2 Å². The summed E-state index contributed by atoms with van der Waals surface area (Å²) < 4.78 is 1.84. The van der Waals surface area contributed by atoms with E-state index in [0.29, 0.717) is 25.9 Å². The molecule has 1 aliphatic heterocycles. The second-order valence-electron chi connectivity index (χ2n) is 6.25. The zero-order valence-corrected chi connectivity index (χ0v) is 15.1. The van der Waals surface area contributed by atoms with Crippen molar-refractivity contribution in [2.75, 3.05) is 13.1 Å². The second kappa shape index (κ2) is 7.21. The maximum atomic E-state index is 12.3. The van der Waals surface area contributed by atoms with Gasteiger partial charge in [0.1, 0.15) is 5.82 Å². The molecule has 6 nitrogen and oxygen atoms in total.